The first-order valence-electron chi connectivity index (χ1n) is 19.0. The van der Waals surface area contributed by atoms with Crippen LogP contribution in [0.3, 0.4) is 0 Å². The van der Waals surface area contributed by atoms with Gasteiger partial charge in [-0.2, -0.15) is 0 Å². The molecule has 56 heavy (non-hydrogen) atoms. The SMILES string of the molecule is c1ccc(N(c2ccccc2)c2cccc(N(c3ccc4c(ccc5c6ccccc6[se]c45)c3)c3ccc4c5ccccc5n(-c5ccccc5)c4c3)c2)cc1. The zero-order valence-electron chi connectivity index (χ0n) is 30.5. The number of anilines is 6. The molecule has 0 aliphatic heterocycles. The summed E-state index contributed by atoms with van der Waals surface area (Å²) >= 11 is 0.273. The third-order valence-corrected chi connectivity index (χ3v) is 13.5. The number of nitrogens with zero attached hydrogens (tertiary/aromatic N) is 3. The molecule has 0 atom stereocenters. The molecule has 0 amide bonds. The van der Waals surface area contributed by atoms with Gasteiger partial charge in [-0.1, -0.05) is 66.7 Å². The van der Waals surface area contributed by atoms with Gasteiger partial charge in [0.2, 0.25) is 0 Å². The Bertz CT molecular complexity index is 3160. The summed E-state index contributed by atoms with van der Waals surface area (Å²) in [5.41, 5.74) is 10.1. The van der Waals surface area contributed by atoms with Gasteiger partial charge in [-0.25, -0.2) is 0 Å². The van der Waals surface area contributed by atoms with Gasteiger partial charge in [0.15, 0.2) is 0 Å². The fourth-order valence-electron chi connectivity index (χ4n) is 8.41. The third kappa shape index (κ3) is 5.42. The molecule has 0 radical (unpaired) electrons. The van der Waals surface area contributed by atoms with Crippen LogP contribution in [-0.2, 0) is 0 Å². The summed E-state index contributed by atoms with van der Waals surface area (Å²) < 4.78 is 5.35. The van der Waals surface area contributed by atoms with E-state index in [9.17, 15) is 0 Å². The number of aromatic nitrogens is 1. The van der Waals surface area contributed by atoms with Crippen LogP contribution in [0, 0.1) is 0 Å². The molecule has 0 saturated carbocycles. The van der Waals surface area contributed by atoms with Gasteiger partial charge < -0.3 is 0 Å². The van der Waals surface area contributed by atoms with Gasteiger partial charge in [-0.15, -0.1) is 0 Å². The number of rotatable bonds is 7. The van der Waals surface area contributed by atoms with Crippen molar-refractivity contribution in [1.29, 1.82) is 0 Å². The second-order valence-electron chi connectivity index (χ2n) is 14.2. The molecule has 0 bridgehead atoms. The summed E-state index contributed by atoms with van der Waals surface area (Å²) in [5.74, 6) is 0. The minimum atomic E-state index is 0.273. The van der Waals surface area contributed by atoms with Crippen molar-refractivity contribution < 1.29 is 0 Å². The van der Waals surface area contributed by atoms with Crippen LogP contribution in [0.2, 0.25) is 0 Å². The van der Waals surface area contributed by atoms with E-state index in [1.54, 1.807) is 0 Å². The second-order valence-corrected chi connectivity index (χ2v) is 16.4. The Hall–Kier alpha value is -6.84. The molecule has 0 aliphatic rings. The van der Waals surface area contributed by atoms with Crippen molar-refractivity contribution >= 4 is 100 Å². The Balaban J connectivity index is 1.14. The molecule has 2 heterocycles. The fraction of sp³-hybridized carbons (Fsp3) is 0. The monoisotopic (exact) mass is 781 g/mol. The average molecular weight is 781 g/mol. The van der Waals surface area contributed by atoms with Gasteiger partial charge in [0.1, 0.15) is 0 Å². The number of fused-ring (bicyclic) bond motifs is 8. The first-order valence-corrected chi connectivity index (χ1v) is 20.7. The van der Waals surface area contributed by atoms with E-state index in [4.69, 9.17) is 0 Å². The van der Waals surface area contributed by atoms with Gasteiger partial charge in [-0.3, -0.25) is 0 Å². The van der Waals surface area contributed by atoms with E-state index in [0.29, 0.717) is 0 Å². The van der Waals surface area contributed by atoms with Crippen molar-refractivity contribution in [2.75, 3.05) is 9.80 Å². The van der Waals surface area contributed by atoms with E-state index >= 15 is 0 Å². The van der Waals surface area contributed by atoms with Gasteiger partial charge in [0.05, 0.1) is 0 Å². The van der Waals surface area contributed by atoms with Crippen LogP contribution in [0.4, 0.5) is 34.1 Å². The van der Waals surface area contributed by atoms with Crippen LogP contribution in [0.1, 0.15) is 0 Å². The predicted octanol–water partition coefficient (Wildman–Crippen LogP) is 14.2. The minimum Gasteiger partial charge on any atom is -0.0602 e. The van der Waals surface area contributed by atoms with Crippen molar-refractivity contribution in [3.8, 4) is 5.69 Å². The molecule has 9 aromatic carbocycles. The maximum absolute atomic E-state index is 2.43. The summed E-state index contributed by atoms with van der Waals surface area (Å²) in [7, 11) is 0. The van der Waals surface area contributed by atoms with Crippen molar-refractivity contribution in [2.45, 2.75) is 0 Å². The number of hydrogen-bond donors (Lipinski definition) is 0. The van der Waals surface area contributed by atoms with Gasteiger partial charge >= 0.3 is 266 Å². The molecule has 0 saturated heterocycles. The van der Waals surface area contributed by atoms with Crippen LogP contribution >= 0.6 is 0 Å². The Morgan fingerprint density at radius 1 is 0.321 bits per heavy atom. The molecule has 264 valence electrons. The average Bonchev–Trinajstić information content (AvgIpc) is 3.81. The van der Waals surface area contributed by atoms with Crippen LogP contribution in [0.15, 0.2) is 212 Å². The Morgan fingerprint density at radius 2 is 0.839 bits per heavy atom. The standard InChI is InChI=1S/C52H35N3Se/c1-4-15-37(16-5-1)53(38-17-6-2-7-18-38)40-21-14-22-41(34-40)54(42-28-31-44-36(33-42)27-30-48-47-24-11-13-26-51(47)56-52(44)48)43-29-32-46-45-23-10-12-25-49(45)55(50(46)35-43)39-19-8-3-9-20-39/h1-35H. The van der Waals surface area contributed by atoms with Crippen LogP contribution in [0.25, 0.3) is 57.6 Å². The summed E-state index contributed by atoms with van der Waals surface area (Å²) in [6.45, 7) is 0. The molecule has 0 unspecified atom stereocenters. The van der Waals surface area contributed by atoms with Crippen LogP contribution in [-0.4, -0.2) is 19.1 Å². The Kier molecular flexibility index (Phi) is 7.84. The molecule has 0 fully saturated rings. The first kappa shape index (κ1) is 32.6. The number of benzene rings is 9. The molecule has 4 heteroatoms. The van der Waals surface area contributed by atoms with E-state index in [2.05, 4.69) is 227 Å². The fourth-order valence-corrected chi connectivity index (χ4v) is 11.0. The molecule has 0 aliphatic carbocycles. The molecule has 3 nitrogen and oxygen atoms in total. The molecule has 0 N–H and O–H groups in total. The van der Waals surface area contributed by atoms with E-state index in [-0.39, 0.29) is 14.5 Å². The molecular weight excluding hydrogens is 746 g/mol. The van der Waals surface area contributed by atoms with Gasteiger partial charge in [0.25, 0.3) is 0 Å². The zero-order valence-corrected chi connectivity index (χ0v) is 32.2. The van der Waals surface area contributed by atoms with E-state index < -0.39 is 0 Å². The number of para-hydroxylation sites is 4. The van der Waals surface area contributed by atoms with Gasteiger partial charge in [-0.05, 0) is 0 Å². The smallest absolute Gasteiger partial charge is 0.0602 e. The van der Waals surface area contributed by atoms with E-state index in [1.165, 1.54) is 51.9 Å². The third-order valence-electron chi connectivity index (χ3n) is 10.9. The number of hydrogen-bond acceptors (Lipinski definition) is 2. The van der Waals surface area contributed by atoms with Gasteiger partial charge in [0, 0.05) is 0 Å². The Morgan fingerprint density at radius 3 is 1.57 bits per heavy atom. The van der Waals surface area contributed by atoms with E-state index in [0.717, 1.165) is 39.8 Å². The van der Waals surface area contributed by atoms with E-state index in [1.807, 2.05) is 0 Å². The predicted molar refractivity (Wildman–Crippen MR) is 240 cm³/mol. The molecule has 11 aromatic rings. The molecular formula is C52H35N3Se. The van der Waals surface area contributed by atoms with Crippen LogP contribution < -0.4 is 9.80 Å². The zero-order chi connectivity index (χ0) is 37.0. The van der Waals surface area contributed by atoms with Crippen LogP contribution in [0.5, 0.6) is 0 Å². The van der Waals surface area contributed by atoms with Crippen molar-refractivity contribution in [3.63, 3.8) is 0 Å². The molecule has 2 aromatic heterocycles. The molecule has 0 spiro atoms. The maximum atomic E-state index is 2.43. The van der Waals surface area contributed by atoms with Crippen molar-refractivity contribution in [3.05, 3.63) is 212 Å². The van der Waals surface area contributed by atoms with Crippen molar-refractivity contribution in [2.24, 2.45) is 0 Å². The quantitative estimate of drug-likeness (QED) is 0.149. The summed E-state index contributed by atoms with van der Waals surface area (Å²) in [6.07, 6.45) is 0. The normalized spacial score (nSPS) is 11.6. The summed E-state index contributed by atoms with van der Waals surface area (Å²) in [6, 6.07) is 77.2. The first-order chi connectivity index (χ1) is 27.8. The Labute approximate surface area is 331 Å². The summed E-state index contributed by atoms with van der Waals surface area (Å²) in [5, 5.41) is 7.84. The minimum absolute atomic E-state index is 0.273. The second kappa shape index (κ2) is 13.5. The van der Waals surface area contributed by atoms with Crippen molar-refractivity contribution in [1.82, 2.24) is 4.57 Å². The summed E-state index contributed by atoms with van der Waals surface area (Å²) in [4.78, 5) is 4.76. The topological polar surface area (TPSA) is 11.4 Å². The molecule has 11 rings (SSSR count).